The minimum atomic E-state index is -0.669. The highest BCUT2D eigenvalue weighted by atomic mass is 35.5. The molecule has 98 valence electrons. The summed E-state index contributed by atoms with van der Waals surface area (Å²) in [6.07, 6.45) is 0.908. The second-order valence-electron chi connectivity index (χ2n) is 5.00. The third-order valence-electron chi connectivity index (χ3n) is 3.09. The zero-order valence-corrected chi connectivity index (χ0v) is 11.6. The van der Waals surface area contributed by atoms with Gasteiger partial charge < -0.3 is 10.8 Å². The smallest absolute Gasteiger partial charge is 0.101 e. The summed E-state index contributed by atoms with van der Waals surface area (Å²) >= 11 is 6.11. The highest BCUT2D eigenvalue weighted by molar-refractivity contribution is 6.31. The lowest BCUT2D eigenvalue weighted by molar-refractivity contribution is 0.0767. The van der Waals surface area contributed by atoms with Crippen LogP contribution in [0.4, 0.5) is 0 Å². The van der Waals surface area contributed by atoms with Crippen LogP contribution in [0.1, 0.15) is 45.5 Å². The molecule has 0 radical (unpaired) electrons. The van der Waals surface area contributed by atoms with Gasteiger partial charge in [-0.05, 0) is 26.3 Å². The van der Waals surface area contributed by atoms with E-state index in [9.17, 15) is 5.11 Å². The molecule has 1 aromatic heterocycles. The maximum absolute atomic E-state index is 10.4. The molecule has 0 aliphatic carbocycles. The number of nitrogens with zero attached hydrogens (tertiary/aromatic N) is 2. The molecule has 1 aromatic rings. The maximum atomic E-state index is 10.4. The number of aliphatic hydroxyl groups excluding tert-OH is 1. The molecule has 0 saturated heterocycles. The molecule has 0 fully saturated rings. The molecule has 0 aliphatic rings. The maximum Gasteiger partial charge on any atom is 0.101 e. The first-order chi connectivity index (χ1) is 7.90. The topological polar surface area (TPSA) is 64.1 Å². The van der Waals surface area contributed by atoms with Crippen LogP contribution in [0.3, 0.4) is 0 Å². The third kappa shape index (κ3) is 3.00. The zero-order chi connectivity index (χ0) is 13.2. The van der Waals surface area contributed by atoms with Gasteiger partial charge in [0.25, 0.3) is 0 Å². The van der Waals surface area contributed by atoms with Crippen LogP contribution >= 0.6 is 11.6 Å². The van der Waals surface area contributed by atoms with E-state index < -0.39 is 6.10 Å². The van der Waals surface area contributed by atoms with Gasteiger partial charge in [0.2, 0.25) is 0 Å². The summed E-state index contributed by atoms with van der Waals surface area (Å²) in [7, 11) is 0. The standard InChI is InChI=1S/C12H22ClN3O/c1-7(2)9(5-14)12(17)11-10(13)6-15-16(11)8(3)4/h6-9,12,17H,5,14H2,1-4H3. The summed E-state index contributed by atoms with van der Waals surface area (Å²) in [6.45, 7) is 8.53. The average molecular weight is 260 g/mol. The van der Waals surface area contributed by atoms with Crippen LogP contribution in [0.5, 0.6) is 0 Å². The van der Waals surface area contributed by atoms with Gasteiger partial charge in [-0.2, -0.15) is 5.10 Å². The Bertz CT molecular complexity index is 363. The van der Waals surface area contributed by atoms with E-state index in [0.717, 1.165) is 0 Å². The molecule has 0 saturated carbocycles. The lowest BCUT2D eigenvalue weighted by Crippen LogP contribution is -2.28. The number of halogens is 1. The van der Waals surface area contributed by atoms with E-state index >= 15 is 0 Å². The highest BCUT2D eigenvalue weighted by Gasteiger charge is 2.28. The molecule has 0 bridgehead atoms. The highest BCUT2D eigenvalue weighted by Crippen LogP contribution is 2.33. The van der Waals surface area contributed by atoms with Gasteiger partial charge in [-0.1, -0.05) is 25.4 Å². The Morgan fingerprint density at radius 1 is 1.41 bits per heavy atom. The number of hydrogen-bond donors (Lipinski definition) is 2. The minimum absolute atomic E-state index is 0.0123. The first-order valence-corrected chi connectivity index (χ1v) is 6.39. The van der Waals surface area contributed by atoms with E-state index in [2.05, 4.69) is 5.10 Å². The fourth-order valence-corrected chi connectivity index (χ4v) is 2.25. The van der Waals surface area contributed by atoms with E-state index in [0.29, 0.717) is 23.2 Å². The Balaban J connectivity index is 3.09. The van der Waals surface area contributed by atoms with Crippen molar-refractivity contribution >= 4 is 11.6 Å². The average Bonchev–Trinajstić information content (AvgIpc) is 2.60. The first kappa shape index (κ1) is 14.5. The monoisotopic (exact) mass is 259 g/mol. The molecule has 0 aliphatic heterocycles. The zero-order valence-electron chi connectivity index (χ0n) is 10.9. The van der Waals surface area contributed by atoms with Crippen molar-refractivity contribution in [3.05, 3.63) is 16.9 Å². The van der Waals surface area contributed by atoms with Crippen LogP contribution in [0.15, 0.2) is 6.20 Å². The number of rotatable bonds is 5. The second-order valence-corrected chi connectivity index (χ2v) is 5.41. The molecule has 1 heterocycles. The van der Waals surface area contributed by atoms with Gasteiger partial charge in [0, 0.05) is 12.0 Å². The Hall–Kier alpha value is -0.580. The Morgan fingerprint density at radius 3 is 2.41 bits per heavy atom. The second kappa shape index (κ2) is 5.85. The van der Waals surface area contributed by atoms with Crippen molar-refractivity contribution in [3.8, 4) is 0 Å². The van der Waals surface area contributed by atoms with Gasteiger partial charge >= 0.3 is 0 Å². The van der Waals surface area contributed by atoms with Crippen molar-refractivity contribution in [3.63, 3.8) is 0 Å². The predicted octanol–water partition coefficient (Wildman–Crippen LogP) is 2.38. The fourth-order valence-electron chi connectivity index (χ4n) is 2.01. The molecule has 1 rings (SSSR count). The van der Waals surface area contributed by atoms with Crippen LogP contribution in [-0.4, -0.2) is 21.4 Å². The van der Waals surface area contributed by atoms with E-state index in [1.807, 2.05) is 27.7 Å². The summed E-state index contributed by atoms with van der Waals surface area (Å²) < 4.78 is 1.76. The molecular weight excluding hydrogens is 238 g/mol. The van der Waals surface area contributed by atoms with Gasteiger partial charge in [0.15, 0.2) is 0 Å². The largest absolute Gasteiger partial charge is 0.386 e. The number of hydrogen-bond acceptors (Lipinski definition) is 3. The Morgan fingerprint density at radius 2 is 2.00 bits per heavy atom. The van der Waals surface area contributed by atoms with Crippen LogP contribution in [-0.2, 0) is 0 Å². The van der Waals surface area contributed by atoms with Gasteiger partial charge in [0.05, 0.1) is 16.9 Å². The first-order valence-electron chi connectivity index (χ1n) is 6.01. The van der Waals surface area contributed by atoms with Crippen LogP contribution in [0, 0.1) is 11.8 Å². The summed E-state index contributed by atoms with van der Waals surface area (Å²) in [5.41, 5.74) is 6.40. The predicted molar refractivity (Wildman–Crippen MR) is 70.0 cm³/mol. The van der Waals surface area contributed by atoms with Crippen LogP contribution < -0.4 is 5.73 Å². The number of nitrogens with two attached hydrogens (primary N) is 1. The molecule has 5 heteroatoms. The molecule has 2 unspecified atom stereocenters. The summed E-state index contributed by atoms with van der Waals surface area (Å²) in [5, 5.41) is 15.1. The van der Waals surface area contributed by atoms with Gasteiger partial charge in [-0.25, -0.2) is 0 Å². The number of aromatic nitrogens is 2. The van der Waals surface area contributed by atoms with Gasteiger partial charge in [-0.3, -0.25) is 4.68 Å². The van der Waals surface area contributed by atoms with Crippen molar-refractivity contribution in [1.29, 1.82) is 0 Å². The molecule has 3 N–H and O–H groups in total. The Labute approximate surface area is 108 Å². The fraction of sp³-hybridized carbons (Fsp3) is 0.750. The molecule has 0 amide bonds. The lowest BCUT2D eigenvalue weighted by Gasteiger charge is -2.26. The quantitative estimate of drug-likeness (QED) is 0.853. The summed E-state index contributed by atoms with van der Waals surface area (Å²) in [5.74, 6) is 0.281. The molecule has 4 nitrogen and oxygen atoms in total. The van der Waals surface area contributed by atoms with Crippen molar-refractivity contribution in [1.82, 2.24) is 9.78 Å². The van der Waals surface area contributed by atoms with E-state index in [-0.39, 0.29) is 12.0 Å². The van der Waals surface area contributed by atoms with Crippen LogP contribution in [0.25, 0.3) is 0 Å². The molecule has 0 spiro atoms. The van der Waals surface area contributed by atoms with Crippen molar-refractivity contribution in [2.45, 2.75) is 39.8 Å². The van der Waals surface area contributed by atoms with Gasteiger partial charge in [-0.15, -0.1) is 0 Å². The number of aliphatic hydroxyl groups is 1. The van der Waals surface area contributed by atoms with Crippen molar-refractivity contribution in [2.24, 2.45) is 17.6 Å². The van der Waals surface area contributed by atoms with E-state index in [1.165, 1.54) is 0 Å². The van der Waals surface area contributed by atoms with Gasteiger partial charge in [0.1, 0.15) is 6.10 Å². The summed E-state index contributed by atoms with van der Waals surface area (Å²) in [4.78, 5) is 0. The van der Waals surface area contributed by atoms with E-state index in [1.54, 1.807) is 10.9 Å². The van der Waals surface area contributed by atoms with Crippen molar-refractivity contribution in [2.75, 3.05) is 6.54 Å². The minimum Gasteiger partial charge on any atom is -0.386 e. The molecule has 17 heavy (non-hydrogen) atoms. The molecule has 2 atom stereocenters. The Kier molecular flexibility index (Phi) is 4.98. The van der Waals surface area contributed by atoms with E-state index in [4.69, 9.17) is 17.3 Å². The SMILES string of the molecule is CC(C)C(CN)C(O)c1c(Cl)cnn1C(C)C. The lowest BCUT2D eigenvalue weighted by atomic mass is 9.88. The molecular formula is C12H22ClN3O. The third-order valence-corrected chi connectivity index (χ3v) is 3.38. The molecule has 0 aromatic carbocycles. The summed E-state index contributed by atoms with van der Waals surface area (Å²) in [6, 6.07) is 0.165. The van der Waals surface area contributed by atoms with Crippen molar-refractivity contribution < 1.29 is 5.11 Å². The van der Waals surface area contributed by atoms with Crippen LogP contribution in [0.2, 0.25) is 5.02 Å². The normalized spacial score (nSPS) is 15.6.